The maximum Gasteiger partial charge on any atom is 0.119 e. The molecule has 0 aliphatic heterocycles. The largest absolute Gasteiger partial charge is 0.497 e. The van der Waals surface area contributed by atoms with Crippen LogP contribution in [0.4, 0.5) is 0 Å². The number of benzene rings is 1. The molecule has 0 fully saturated rings. The minimum atomic E-state index is 0.0759. The highest BCUT2D eigenvalue weighted by Crippen LogP contribution is 2.20. The molecule has 15 heavy (non-hydrogen) atoms. The molecule has 0 aliphatic rings. The highest BCUT2D eigenvalue weighted by atomic mass is 16.5. The van der Waals surface area contributed by atoms with Gasteiger partial charge in [0.15, 0.2) is 0 Å². The number of methoxy groups -OCH3 is 1. The third-order valence-electron chi connectivity index (χ3n) is 2.11. The van der Waals surface area contributed by atoms with E-state index in [4.69, 9.17) is 9.47 Å². The Bertz CT molecular complexity index is 282. The first-order valence-corrected chi connectivity index (χ1v) is 5.13. The third kappa shape index (κ3) is 4.73. The van der Waals surface area contributed by atoms with Crippen molar-refractivity contribution >= 4 is 0 Å². The third-order valence-corrected chi connectivity index (χ3v) is 2.11. The highest BCUT2D eigenvalue weighted by Gasteiger charge is 2.09. The normalized spacial score (nSPS) is 11.2. The summed E-state index contributed by atoms with van der Waals surface area (Å²) in [6.07, 6.45) is 0.943. The van der Waals surface area contributed by atoms with Gasteiger partial charge in [-0.1, -0.05) is 13.8 Å². The molecular weight excluding hydrogens is 188 g/mol. The Balaban J connectivity index is 2.38. The lowest BCUT2D eigenvalue weighted by atomic mass is 9.93. The van der Waals surface area contributed by atoms with E-state index < -0.39 is 0 Å². The molecule has 0 saturated carbocycles. The molecule has 2 heteroatoms. The standard InChI is InChI=1S/C13H19O2/c1-13(2,3)9-10-15-12-7-5-11(14-4)6-8-12/h5-8H,1,9-10H2,2-4H3. The van der Waals surface area contributed by atoms with Crippen LogP contribution >= 0.6 is 0 Å². The van der Waals surface area contributed by atoms with Gasteiger partial charge in [-0.25, -0.2) is 0 Å². The maximum absolute atomic E-state index is 5.59. The Morgan fingerprint density at radius 2 is 1.67 bits per heavy atom. The van der Waals surface area contributed by atoms with Gasteiger partial charge in [-0.05, 0) is 43.0 Å². The van der Waals surface area contributed by atoms with Crippen LogP contribution in [0, 0.1) is 12.3 Å². The maximum atomic E-state index is 5.59. The summed E-state index contributed by atoms with van der Waals surface area (Å²) in [6, 6.07) is 7.61. The minimum Gasteiger partial charge on any atom is -0.497 e. The van der Waals surface area contributed by atoms with Crippen LogP contribution in [0.1, 0.15) is 20.3 Å². The second-order valence-electron chi connectivity index (χ2n) is 4.44. The number of rotatable bonds is 5. The van der Waals surface area contributed by atoms with Crippen LogP contribution in [-0.4, -0.2) is 13.7 Å². The van der Waals surface area contributed by atoms with Gasteiger partial charge in [-0.2, -0.15) is 0 Å². The second-order valence-corrected chi connectivity index (χ2v) is 4.44. The summed E-state index contributed by atoms with van der Waals surface area (Å²) >= 11 is 0. The van der Waals surface area contributed by atoms with Crippen molar-refractivity contribution in [3.05, 3.63) is 31.2 Å². The molecule has 0 unspecified atom stereocenters. The molecule has 0 bridgehead atoms. The molecule has 0 amide bonds. The molecule has 0 aromatic heterocycles. The average Bonchev–Trinajstić information content (AvgIpc) is 2.17. The summed E-state index contributed by atoms with van der Waals surface area (Å²) in [5.74, 6) is 1.72. The highest BCUT2D eigenvalue weighted by molar-refractivity contribution is 5.31. The quantitative estimate of drug-likeness (QED) is 0.737. The number of hydrogen-bond donors (Lipinski definition) is 0. The lowest BCUT2D eigenvalue weighted by Gasteiger charge is -2.17. The zero-order valence-corrected chi connectivity index (χ0v) is 9.75. The molecule has 0 heterocycles. The fraction of sp³-hybridized carbons (Fsp3) is 0.462. The van der Waals surface area contributed by atoms with Crippen LogP contribution in [-0.2, 0) is 0 Å². The monoisotopic (exact) mass is 207 g/mol. The molecule has 0 atom stereocenters. The van der Waals surface area contributed by atoms with Crippen molar-refractivity contribution in [2.45, 2.75) is 20.3 Å². The van der Waals surface area contributed by atoms with Crippen molar-refractivity contribution in [1.82, 2.24) is 0 Å². The van der Waals surface area contributed by atoms with E-state index in [1.165, 1.54) is 0 Å². The van der Waals surface area contributed by atoms with Gasteiger partial charge < -0.3 is 9.47 Å². The van der Waals surface area contributed by atoms with Crippen molar-refractivity contribution in [1.29, 1.82) is 0 Å². The molecular formula is C13H19O2. The van der Waals surface area contributed by atoms with E-state index in [0.717, 1.165) is 17.9 Å². The molecule has 0 N–H and O–H groups in total. The molecule has 83 valence electrons. The first kappa shape index (κ1) is 11.9. The van der Waals surface area contributed by atoms with Crippen molar-refractivity contribution in [3.63, 3.8) is 0 Å². The summed E-state index contributed by atoms with van der Waals surface area (Å²) in [5.41, 5.74) is 0.0759. The van der Waals surface area contributed by atoms with Gasteiger partial charge in [0.25, 0.3) is 0 Å². The van der Waals surface area contributed by atoms with Gasteiger partial charge in [0.2, 0.25) is 0 Å². The molecule has 1 rings (SSSR count). The van der Waals surface area contributed by atoms with E-state index in [1.54, 1.807) is 7.11 Å². The van der Waals surface area contributed by atoms with Gasteiger partial charge in [-0.3, -0.25) is 0 Å². The van der Waals surface area contributed by atoms with Gasteiger partial charge in [-0.15, -0.1) is 0 Å². The zero-order valence-electron chi connectivity index (χ0n) is 9.75. The van der Waals surface area contributed by atoms with E-state index in [-0.39, 0.29) is 5.41 Å². The van der Waals surface area contributed by atoms with Crippen LogP contribution in [0.3, 0.4) is 0 Å². The SMILES string of the molecule is [CH2]C(C)(C)CCOc1ccc(OC)cc1. The molecule has 0 saturated heterocycles. The van der Waals surface area contributed by atoms with Crippen molar-refractivity contribution in [2.24, 2.45) is 5.41 Å². The topological polar surface area (TPSA) is 18.5 Å². The molecule has 1 aromatic carbocycles. The summed E-state index contributed by atoms with van der Waals surface area (Å²) in [6.45, 7) is 8.93. The van der Waals surface area contributed by atoms with E-state index in [9.17, 15) is 0 Å². The Morgan fingerprint density at radius 3 is 2.13 bits per heavy atom. The first-order chi connectivity index (χ1) is 7.01. The van der Waals surface area contributed by atoms with Crippen LogP contribution in [0.5, 0.6) is 11.5 Å². The summed E-state index contributed by atoms with van der Waals surface area (Å²) in [5, 5.41) is 0. The predicted octanol–water partition coefficient (Wildman–Crippen LogP) is 3.32. The Morgan fingerprint density at radius 1 is 1.13 bits per heavy atom. The van der Waals surface area contributed by atoms with Crippen LogP contribution < -0.4 is 9.47 Å². The van der Waals surface area contributed by atoms with Gasteiger partial charge in [0.1, 0.15) is 11.5 Å². The predicted molar refractivity (Wildman–Crippen MR) is 62.2 cm³/mol. The number of ether oxygens (including phenoxy) is 2. The minimum absolute atomic E-state index is 0.0759. The van der Waals surface area contributed by atoms with E-state index >= 15 is 0 Å². The van der Waals surface area contributed by atoms with Crippen LogP contribution in [0.15, 0.2) is 24.3 Å². The number of hydrogen-bond acceptors (Lipinski definition) is 2. The van der Waals surface area contributed by atoms with Gasteiger partial charge in [0, 0.05) is 0 Å². The summed E-state index contributed by atoms with van der Waals surface area (Å²) in [7, 11) is 1.65. The van der Waals surface area contributed by atoms with Crippen molar-refractivity contribution in [3.8, 4) is 11.5 Å². The van der Waals surface area contributed by atoms with Gasteiger partial charge in [0.05, 0.1) is 13.7 Å². The molecule has 2 nitrogen and oxygen atoms in total. The van der Waals surface area contributed by atoms with E-state index in [1.807, 2.05) is 24.3 Å². The smallest absolute Gasteiger partial charge is 0.119 e. The van der Waals surface area contributed by atoms with Crippen molar-refractivity contribution < 1.29 is 9.47 Å². The average molecular weight is 207 g/mol. The second kappa shape index (κ2) is 5.06. The van der Waals surface area contributed by atoms with Gasteiger partial charge >= 0.3 is 0 Å². The molecule has 1 aromatic rings. The molecule has 0 aliphatic carbocycles. The molecule has 0 spiro atoms. The summed E-state index contributed by atoms with van der Waals surface area (Å²) < 4.78 is 10.6. The van der Waals surface area contributed by atoms with Crippen molar-refractivity contribution in [2.75, 3.05) is 13.7 Å². The summed E-state index contributed by atoms with van der Waals surface area (Å²) in [4.78, 5) is 0. The first-order valence-electron chi connectivity index (χ1n) is 5.13. The lowest BCUT2D eigenvalue weighted by Crippen LogP contribution is -2.11. The Kier molecular flexibility index (Phi) is 4.01. The zero-order chi connectivity index (χ0) is 11.3. The van der Waals surface area contributed by atoms with Crippen LogP contribution in [0.2, 0.25) is 0 Å². The fourth-order valence-electron chi connectivity index (χ4n) is 1.12. The van der Waals surface area contributed by atoms with E-state index in [2.05, 4.69) is 20.8 Å². The Hall–Kier alpha value is -1.18. The Labute approximate surface area is 92.2 Å². The van der Waals surface area contributed by atoms with Crippen LogP contribution in [0.25, 0.3) is 0 Å². The lowest BCUT2D eigenvalue weighted by molar-refractivity contribution is 0.259. The van der Waals surface area contributed by atoms with E-state index in [0.29, 0.717) is 6.61 Å². The fourth-order valence-corrected chi connectivity index (χ4v) is 1.12. The molecule has 1 radical (unpaired) electrons.